The number of benzene rings is 2. The van der Waals surface area contributed by atoms with E-state index >= 15 is 0 Å². The number of amides is 3. The van der Waals surface area contributed by atoms with Crippen LogP contribution < -0.4 is 26.8 Å². The second-order valence-electron chi connectivity index (χ2n) is 7.42. The van der Waals surface area contributed by atoms with Crippen molar-refractivity contribution in [3.63, 3.8) is 0 Å². The summed E-state index contributed by atoms with van der Waals surface area (Å²) in [7, 11) is 0. The number of aliphatic imine (C=N–C) groups is 1. The SMILES string of the molecule is C=CC(=O)Nc1cccc(Oc2cccc(N/C(=C/C(N)=NC(=O)C3CC3)C(=N)C(N)=O)c2)c1. The van der Waals surface area contributed by atoms with E-state index in [4.69, 9.17) is 21.6 Å². The molecule has 10 nitrogen and oxygen atoms in total. The van der Waals surface area contributed by atoms with Gasteiger partial charge in [0, 0.05) is 35.5 Å². The van der Waals surface area contributed by atoms with Crippen molar-refractivity contribution in [3.8, 4) is 11.5 Å². The number of anilines is 2. The van der Waals surface area contributed by atoms with Crippen molar-refractivity contribution in [1.29, 1.82) is 5.41 Å². The summed E-state index contributed by atoms with van der Waals surface area (Å²) in [5.74, 6) is -1.01. The summed E-state index contributed by atoms with van der Waals surface area (Å²) in [6.07, 6.45) is 3.93. The van der Waals surface area contributed by atoms with Crippen LogP contribution in [0, 0.1) is 11.3 Å². The number of nitrogens with two attached hydrogens (primary N) is 2. The summed E-state index contributed by atoms with van der Waals surface area (Å²) >= 11 is 0. The molecule has 0 bridgehead atoms. The number of carbonyl (C=O) groups is 3. The number of hydrogen-bond acceptors (Lipinski definition) is 6. The molecule has 0 unspecified atom stereocenters. The predicted octanol–water partition coefficient (Wildman–Crippen LogP) is 2.70. The summed E-state index contributed by atoms with van der Waals surface area (Å²) in [4.78, 5) is 38.8. The highest BCUT2D eigenvalue weighted by molar-refractivity contribution is 6.44. The van der Waals surface area contributed by atoms with Gasteiger partial charge in [-0.15, -0.1) is 0 Å². The van der Waals surface area contributed by atoms with Crippen LogP contribution in [0.1, 0.15) is 12.8 Å². The first kappa shape index (κ1) is 23.9. The summed E-state index contributed by atoms with van der Waals surface area (Å²) in [6, 6.07) is 13.5. The van der Waals surface area contributed by atoms with Crippen molar-refractivity contribution in [3.05, 3.63) is 73.0 Å². The van der Waals surface area contributed by atoms with Crippen molar-refractivity contribution < 1.29 is 19.1 Å². The van der Waals surface area contributed by atoms with Gasteiger partial charge in [0.2, 0.25) is 5.91 Å². The molecule has 1 aliphatic carbocycles. The van der Waals surface area contributed by atoms with Crippen molar-refractivity contribution in [2.75, 3.05) is 10.6 Å². The molecule has 3 rings (SSSR count). The summed E-state index contributed by atoms with van der Waals surface area (Å²) in [5, 5.41) is 13.5. The Kier molecular flexibility index (Phi) is 7.55. The zero-order valence-corrected chi connectivity index (χ0v) is 18.2. The lowest BCUT2D eigenvalue weighted by molar-refractivity contribution is -0.119. The molecule has 0 heterocycles. The lowest BCUT2D eigenvalue weighted by Crippen LogP contribution is -2.28. The highest BCUT2D eigenvalue weighted by Gasteiger charge is 2.29. The minimum absolute atomic E-state index is 0.0244. The van der Waals surface area contributed by atoms with E-state index in [1.54, 1.807) is 48.5 Å². The normalized spacial score (nSPS) is 13.5. The number of rotatable bonds is 10. The summed E-state index contributed by atoms with van der Waals surface area (Å²) in [5.41, 5.74) is 11.5. The molecule has 0 aliphatic heterocycles. The number of amidine groups is 1. The van der Waals surface area contributed by atoms with Crippen LogP contribution in [0.5, 0.6) is 11.5 Å². The van der Waals surface area contributed by atoms with Gasteiger partial charge in [-0.25, -0.2) is 0 Å². The third-order valence-electron chi connectivity index (χ3n) is 4.61. The van der Waals surface area contributed by atoms with Crippen LogP contribution >= 0.6 is 0 Å². The molecule has 1 fully saturated rings. The molecule has 174 valence electrons. The van der Waals surface area contributed by atoms with Gasteiger partial charge in [-0.1, -0.05) is 18.7 Å². The zero-order chi connectivity index (χ0) is 24.7. The standard InChI is InChI=1S/C24H24N6O4/c1-2-21(31)29-16-6-4-8-18(12-16)34-17-7-3-5-15(11-17)28-19(22(26)23(27)32)13-20(25)30-24(33)14-9-10-14/h2-8,11-14,26,28H,1,9-10H2,(H2,27,32)(H,29,31)(H2,25,30,33)/b19-13+,26-22?. The zero-order valence-electron chi connectivity index (χ0n) is 18.2. The Bertz CT molecular complexity index is 1210. The van der Waals surface area contributed by atoms with E-state index in [1.165, 1.54) is 6.08 Å². The Hall–Kier alpha value is -4.73. The molecule has 1 aliphatic rings. The van der Waals surface area contributed by atoms with E-state index in [0.717, 1.165) is 18.9 Å². The van der Waals surface area contributed by atoms with Crippen molar-refractivity contribution in [2.45, 2.75) is 12.8 Å². The third kappa shape index (κ3) is 6.89. The first-order valence-electron chi connectivity index (χ1n) is 10.3. The van der Waals surface area contributed by atoms with Crippen LogP contribution in [0.3, 0.4) is 0 Å². The Labute approximate surface area is 195 Å². The maximum absolute atomic E-state index is 11.9. The first-order valence-corrected chi connectivity index (χ1v) is 10.3. The molecule has 0 aromatic heterocycles. The topological polar surface area (TPSA) is 173 Å². The summed E-state index contributed by atoms with van der Waals surface area (Å²) in [6.45, 7) is 3.41. The van der Waals surface area contributed by atoms with Crippen molar-refractivity contribution in [1.82, 2.24) is 0 Å². The monoisotopic (exact) mass is 460 g/mol. The van der Waals surface area contributed by atoms with Gasteiger partial charge in [0.15, 0.2) is 0 Å². The molecule has 0 spiro atoms. The average molecular weight is 460 g/mol. The molecular formula is C24H24N6O4. The first-order chi connectivity index (χ1) is 16.2. The number of ether oxygens (including phenoxy) is 1. The Morgan fingerprint density at radius 3 is 2.15 bits per heavy atom. The third-order valence-corrected chi connectivity index (χ3v) is 4.61. The van der Waals surface area contributed by atoms with E-state index < -0.39 is 11.6 Å². The molecular weight excluding hydrogens is 436 g/mol. The van der Waals surface area contributed by atoms with Crippen LogP contribution in [0.25, 0.3) is 0 Å². The molecule has 0 radical (unpaired) electrons. The lowest BCUT2D eigenvalue weighted by atomic mass is 10.2. The number of nitrogens with one attached hydrogen (secondary N) is 3. The van der Waals surface area contributed by atoms with Gasteiger partial charge in [0.1, 0.15) is 23.0 Å². The second kappa shape index (κ2) is 10.7. The van der Waals surface area contributed by atoms with Crippen LogP contribution in [0.4, 0.5) is 11.4 Å². The molecule has 2 aromatic carbocycles. The van der Waals surface area contributed by atoms with E-state index in [0.29, 0.717) is 22.9 Å². The van der Waals surface area contributed by atoms with Crippen molar-refractivity contribution >= 4 is 40.6 Å². The molecule has 34 heavy (non-hydrogen) atoms. The van der Waals surface area contributed by atoms with Gasteiger partial charge >= 0.3 is 0 Å². The minimum Gasteiger partial charge on any atom is -0.457 e. The Balaban J connectivity index is 1.79. The number of hydrogen-bond donors (Lipinski definition) is 5. The minimum atomic E-state index is -0.981. The molecule has 0 saturated heterocycles. The van der Waals surface area contributed by atoms with Crippen LogP contribution in [-0.2, 0) is 14.4 Å². The molecule has 7 N–H and O–H groups in total. The molecule has 0 atom stereocenters. The second-order valence-corrected chi connectivity index (χ2v) is 7.42. The molecule has 10 heteroatoms. The number of primary amides is 1. The molecule has 3 amide bonds. The Morgan fingerprint density at radius 2 is 1.62 bits per heavy atom. The predicted molar refractivity (Wildman–Crippen MR) is 130 cm³/mol. The fourth-order valence-electron chi connectivity index (χ4n) is 2.79. The molecule has 1 saturated carbocycles. The van der Waals surface area contributed by atoms with E-state index in [1.807, 2.05) is 0 Å². The quantitative estimate of drug-likeness (QED) is 0.207. The van der Waals surface area contributed by atoms with E-state index in [2.05, 4.69) is 22.2 Å². The van der Waals surface area contributed by atoms with Gasteiger partial charge in [0.05, 0.1) is 5.70 Å². The molecule has 2 aromatic rings. The fraction of sp³-hybridized carbons (Fsp3) is 0.125. The smallest absolute Gasteiger partial charge is 0.268 e. The van der Waals surface area contributed by atoms with Crippen molar-refractivity contribution in [2.24, 2.45) is 22.4 Å². The van der Waals surface area contributed by atoms with Crippen LogP contribution in [0.15, 0.2) is 78.0 Å². The van der Waals surface area contributed by atoms with Gasteiger partial charge < -0.3 is 26.8 Å². The highest BCUT2D eigenvalue weighted by Crippen LogP contribution is 2.30. The van der Waals surface area contributed by atoms with E-state index in [-0.39, 0.29) is 29.3 Å². The van der Waals surface area contributed by atoms with E-state index in [9.17, 15) is 14.4 Å². The van der Waals surface area contributed by atoms with Gasteiger partial charge in [-0.2, -0.15) is 4.99 Å². The van der Waals surface area contributed by atoms with Crippen LogP contribution in [0.2, 0.25) is 0 Å². The highest BCUT2D eigenvalue weighted by atomic mass is 16.5. The van der Waals surface area contributed by atoms with Gasteiger partial charge in [-0.3, -0.25) is 19.8 Å². The van der Waals surface area contributed by atoms with Crippen LogP contribution in [-0.4, -0.2) is 29.3 Å². The fourth-order valence-corrected chi connectivity index (χ4v) is 2.79. The lowest BCUT2D eigenvalue weighted by Gasteiger charge is -2.13. The number of nitrogens with zero attached hydrogens (tertiary/aromatic N) is 1. The largest absolute Gasteiger partial charge is 0.457 e. The van der Waals surface area contributed by atoms with Gasteiger partial charge in [0.25, 0.3) is 11.8 Å². The number of carbonyl (C=O) groups excluding carboxylic acids is 3. The summed E-state index contributed by atoms with van der Waals surface area (Å²) < 4.78 is 5.86. The van der Waals surface area contributed by atoms with Gasteiger partial charge in [-0.05, 0) is 43.2 Å². The maximum atomic E-state index is 11.9. The Morgan fingerprint density at radius 1 is 1.03 bits per heavy atom. The average Bonchev–Trinajstić information content (AvgIpc) is 3.64. The maximum Gasteiger partial charge on any atom is 0.268 e.